The Kier molecular flexibility index (Phi) is 4.16. The van der Waals surface area contributed by atoms with Crippen molar-refractivity contribution in [2.75, 3.05) is 13.1 Å². The Labute approximate surface area is 115 Å². The van der Waals surface area contributed by atoms with Gasteiger partial charge in [-0.15, -0.1) is 0 Å². The van der Waals surface area contributed by atoms with Crippen LogP contribution >= 0.6 is 0 Å². The molecule has 1 aliphatic heterocycles. The van der Waals surface area contributed by atoms with Crippen LogP contribution < -0.4 is 5.32 Å². The van der Waals surface area contributed by atoms with Crippen molar-refractivity contribution in [1.29, 1.82) is 0 Å². The average molecular weight is 266 g/mol. The SMILES string of the molecule is CC(C)CC1(C(=O)N2CCNC(=O)C2C)CCCC1. The van der Waals surface area contributed by atoms with Crippen molar-refractivity contribution in [3.63, 3.8) is 0 Å². The Morgan fingerprint density at radius 2 is 2.05 bits per heavy atom. The number of carbonyl (C=O) groups is 2. The highest BCUT2D eigenvalue weighted by Gasteiger charge is 2.45. The maximum Gasteiger partial charge on any atom is 0.242 e. The van der Waals surface area contributed by atoms with Crippen molar-refractivity contribution in [2.24, 2.45) is 11.3 Å². The van der Waals surface area contributed by atoms with Crippen molar-refractivity contribution >= 4 is 11.8 Å². The highest BCUT2D eigenvalue weighted by Crippen LogP contribution is 2.45. The number of hydrogen-bond donors (Lipinski definition) is 1. The lowest BCUT2D eigenvalue weighted by atomic mass is 9.77. The van der Waals surface area contributed by atoms with Crippen LogP contribution in [0.2, 0.25) is 0 Å². The van der Waals surface area contributed by atoms with Crippen LogP contribution in [0.4, 0.5) is 0 Å². The second kappa shape index (κ2) is 5.51. The molecule has 0 bridgehead atoms. The molecule has 1 saturated heterocycles. The van der Waals surface area contributed by atoms with Gasteiger partial charge in [0.1, 0.15) is 6.04 Å². The molecule has 108 valence electrons. The van der Waals surface area contributed by atoms with Gasteiger partial charge in [0.05, 0.1) is 0 Å². The third kappa shape index (κ3) is 2.77. The van der Waals surface area contributed by atoms with Crippen LogP contribution in [0.25, 0.3) is 0 Å². The third-order valence-corrected chi connectivity index (χ3v) is 4.57. The monoisotopic (exact) mass is 266 g/mol. The number of carbonyl (C=O) groups excluding carboxylic acids is 2. The van der Waals surface area contributed by atoms with Gasteiger partial charge in [0.25, 0.3) is 0 Å². The van der Waals surface area contributed by atoms with Gasteiger partial charge in [-0.2, -0.15) is 0 Å². The molecule has 0 aromatic heterocycles. The Morgan fingerprint density at radius 3 is 2.63 bits per heavy atom. The standard InChI is InChI=1S/C15H26N2O2/c1-11(2)10-15(6-4-5-7-15)14(19)17-9-8-16-13(18)12(17)3/h11-12H,4-10H2,1-3H3,(H,16,18). The fourth-order valence-electron chi connectivity index (χ4n) is 3.70. The fraction of sp³-hybridized carbons (Fsp3) is 0.867. The molecular formula is C15H26N2O2. The number of nitrogens with zero attached hydrogens (tertiary/aromatic N) is 1. The molecule has 1 aliphatic carbocycles. The van der Waals surface area contributed by atoms with Crippen LogP contribution in [0, 0.1) is 11.3 Å². The smallest absolute Gasteiger partial charge is 0.242 e. The molecule has 0 radical (unpaired) electrons. The summed E-state index contributed by atoms with van der Waals surface area (Å²) in [6, 6.07) is -0.314. The van der Waals surface area contributed by atoms with E-state index in [2.05, 4.69) is 19.2 Å². The maximum absolute atomic E-state index is 13.0. The first-order valence-corrected chi connectivity index (χ1v) is 7.55. The highest BCUT2D eigenvalue weighted by atomic mass is 16.2. The van der Waals surface area contributed by atoms with Gasteiger partial charge in [-0.1, -0.05) is 26.7 Å². The lowest BCUT2D eigenvalue weighted by Crippen LogP contribution is -2.59. The van der Waals surface area contributed by atoms with Crippen molar-refractivity contribution in [1.82, 2.24) is 10.2 Å². The normalized spacial score (nSPS) is 26.6. The fourth-order valence-corrected chi connectivity index (χ4v) is 3.70. The molecule has 2 amide bonds. The van der Waals surface area contributed by atoms with Crippen molar-refractivity contribution in [2.45, 2.75) is 58.9 Å². The van der Waals surface area contributed by atoms with Crippen molar-refractivity contribution in [3.8, 4) is 0 Å². The summed E-state index contributed by atoms with van der Waals surface area (Å²) in [6.07, 6.45) is 5.24. The van der Waals surface area contributed by atoms with E-state index in [4.69, 9.17) is 0 Å². The van der Waals surface area contributed by atoms with Gasteiger partial charge in [0, 0.05) is 18.5 Å². The van der Waals surface area contributed by atoms with Crippen LogP contribution in [-0.2, 0) is 9.59 Å². The van der Waals surface area contributed by atoms with E-state index in [0.717, 1.165) is 32.1 Å². The number of rotatable bonds is 3. The summed E-state index contributed by atoms with van der Waals surface area (Å²) in [5, 5.41) is 2.83. The lowest BCUT2D eigenvalue weighted by molar-refractivity contribution is -0.151. The average Bonchev–Trinajstić information content (AvgIpc) is 2.80. The molecule has 0 aromatic carbocycles. The van der Waals surface area contributed by atoms with Gasteiger partial charge in [-0.25, -0.2) is 0 Å². The van der Waals surface area contributed by atoms with E-state index in [-0.39, 0.29) is 23.3 Å². The highest BCUT2D eigenvalue weighted by molar-refractivity contribution is 5.91. The number of nitrogens with one attached hydrogen (secondary N) is 1. The van der Waals surface area contributed by atoms with E-state index in [1.165, 1.54) is 0 Å². The summed E-state index contributed by atoms with van der Waals surface area (Å²) in [7, 11) is 0. The molecule has 2 aliphatic rings. The number of amides is 2. The van der Waals surface area contributed by atoms with Gasteiger partial charge in [-0.3, -0.25) is 9.59 Å². The number of piperazine rings is 1. The summed E-state index contributed by atoms with van der Waals surface area (Å²) in [5.74, 6) is 0.731. The van der Waals surface area contributed by atoms with Crippen LogP contribution in [-0.4, -0.2) is 35.8 Å². The molecule has 4 nitrogen and oxygen atoms in total. The van der Waals surface area contributed by atoms with Gasteiger partial charge in [-0.05, 0) is 32.1 Å². The third-order valence-electron chi connectivity index (χ3n) is 4.57. The molecular weight excluding hydrogens is 240 g/mol. The minimum atomic E-state index is -0.314. The van der Waals surface area contributed by atoms with E-state index in [9.17, 15) is 9.59 Å². The first-order chi connectivity index (χ1) is 8.96. The maximum atomic E-state index is 13.0. The van der Waals surface area contributed by atoms with Gasteiger partial charge in [0.2, 0.25) is 11.8 Å². The minimum Gasteiger partial charge on any atom is -0.353 e. The van der Waals surface area contributed by atoms with Crippen LogP contribution in [0.1, 0.15) is 52.9 Å². The molecule has 0 aromatic rings. The molecule has 1 unspecified atom stereocenters. The Bertz CT molecular complexity index is 359. The van der Waals surface area contributed by atoms with Crippen LogP contribution in [0.3, 0.4) is 0 Å². The van der Waals surface area contributed by atoms with Crippen LogP contribution in [0.5, 0.6) is 0 Å². The number of hydrogen-bond acceptors (Lipinski definition) is 2. The van der Waals surface area contributed by atoms with Gasteiger partial charge < -0.3 is 10.2 Å². The van der Waals surface area contributed by atoms with Gasteiger partial charge in [0.15, 0.2) is 0 Å². The lowest BCUT2D eigenvalue weighted by Gasteiger charge is -2.40. The van der Waals surface area contributed by atoms with E-state index >= 15 is 0 Å². The first-order valence-electron chi connectivity index (χ1n) is 7.55. The zero-order chi connectivity index (χ0) is 14.0. The zero-order valence-electron chi connectivity index (χ0n) is 12.4. The molecule has 19 heavy (non-hydrogen) atoms. The summed E-state index contributed by atoms with van der Waals surface area (Å²) in [6.45, 7) is 7.45. The van der Waals surface area contributed by atoms with Crippen LogP contribution in [0.15, 0.2) is 0 Å². The van der Waals surface area contributed by atoms with Crippen molar-refractivity contribution < 1.29 is 9.59 Å². The topological polar surface area (TPSA) is 49.4 Å². The zero-order valence-corrected chi connectivity index (χ0v) is 12.4. The predicted molar refractivity (Wildman–Crippen MR) is 74.5 cm³/mol. The van der Waals surface area contributed by atoms with E-state index in [1.807, 2.05) is 11.8 Å². The summed E-state index contributed by atoms with van der Waals surface area (Å²) in [4.78, 5) is 26.5. The first kappa shape index (κ1) is 14.4. The molecule has 4 heteroatoms. The minimum absolute atomic E-state index is 0.0164. The summed E-state index contributed by atoms with van der Waals surface area (Å²) >= 11 is 0. The molecule has 0 spiro atoms. The largest absolute Gasteiger partial charge is 0.353 e. The molecule has 1 heterocycles. The second-order valence-electron chi connectivity index (χ2n) is 6.55. The van der Waals surface area contributed by atoms with Crippen molar-refractivity contribution in [3.05, 3.63) is 0 Å². The molecule has 2 rings (SSSR count). The Morgan fingerprint density at radius 1 is 1.42 bits per heavy atom. The summed E-state index contributed by atoms with van der Waals surface area (Å²) < 4.78 is 0. The molecule has 2 fully saturated rings. The predicted octanol–water partition coefficient (Wildman–Crippen LogP) is 1.94. The van der Waals surface area contributed by atoms with E-state index in [0.29, 0.717) is 19.0 Å². The summed E-state index contributed by atoms with van der Waals surface area (Å²) in [5.41, 5.74) is -0.194. The Hall–Kier alpha value is -1.06. The quantitative estimate of drug-likeness (QED) is 0.848. The molecule has 1 atom stereocenters. The Balaban J connectivity index is 2.17. The second-order valence-corrected chi connectivity index (χ2v) is 6.55. The van der Waals surface area contributed by atoms with Gasteiger partial charge >= 0.3 is 0 Å². The van der Waals surface area contributed by atoms with E-state index in [1.54, 1.807) is 0 Å². The molecule has 1 N–H and O–H groups in total. The van der Waals surface area contributed by atoms with E-state index < -0.39 is 0 Å². The molecule has 1 saturated carbocycles.